The number of esters is 1. The van der Waals surface area contributed by atoms with E-state index in [1.165, 1.54) is 0 Å². The molecule has 3 rings (SSSR count). The highest BCUT2D eigenvalue weighted by Gasteiger charge is 2.32. The lowest BCUT2D eigenvalue weighted by Gasteiger charge is -2.30. The summed E-state index contributed by atoms with van der Waals surface area (Å²) in [5, 5.41) is 9.47. The number of nitrogens with zero attached hydrogens (tertiary/aromatic N) is 2. The number of hydrogen-bond donors (Lipinski definition) is 1. The minimum atomic E-state index is -0.147. The number of aliphatic hydroxyl groups is 1. The number of benzene rings is 1. The topological polar surface area (TPSA) is 53.0 Å². The van der Waals surface area contributed by atoms with Crippen molar-refractivity contribution in [3.63, 3.8) is 0 Å². The predicted octanol–water partition coefficient (Wildman–Crippen LogP) is 1.65. The van der Waals surface area contributed by atoms with Crippen LogP contribution in [0.15, 0.2) is 30.3 Å². The number of likely N-dealkylation sites (tertiary alicyclic amines) is 2. The quantitative estimate of drug-likeness (QED) is 0.770. The summed E-state index contributed by atoms with van der Waals surface area (Å²) in [6, 6.07) is 10.5. The third-order valence-corrected chi connectivity index (χ3v) is 5.23. The third-order valence-electron chi connectivity index (χ3n) is 5.23. The van der Waals surface area contributed by atoms with Gasteiger partial charge in [-0.25, -0.2) is 0 Å². The molecule has 0 radical (unpaired) electrons. The maximum Gasteiger partial charge on any atom is 0.320 e. The highest BCUT2D eigenvalue weighted by molar-refractivity contribution is 5.71. The second-order valence-electron chi connectivity index (χ2n) is 6.89. The van der Waals surface area contributed by atoms with Crippen molar-refractivity contribution in [1.29, 1.82) is 0 Å². The smallest absolute Gasteiger partial charge is 0.320 e. The Balaban J connectivity index is 1.46. The number of rotatable bonds is 7. The molecule has 132 valence electrons. The van der Waals surface area contributed by atoms with Crippen molar-refractivity contribution in [3.8, 4) is 0 Å². The monoisotopic (exact) mass is 332 g/mol. The molecule has 2 saturated heterocycles. The lowest BCUT2D eigenvalue weighted by molar-refractivity contribution is -0.146. The molecule has 2 heterocycles. The van der Waals surface area contributed by atoms with E-state index in [1.807, 2.05) is 30.3 Å². The van der Waals surface area contributed by atoms with E-state index in [0.29, 0.717) is 25.2 Å². The fourth-order valence-electron chi connectivity index (χ4n) is 3.87. The Hall–Kier alpha value is -1.43. The van der Waals surface area contributed by atoms with E-state index in [4.69, 9.17) is 4.74 Å². The number of carbonyl (C=O) groups is 1. The molecule has 0 saturated carbocycles. The Morgan fingerprint density at radius 3 is 2.54 bits per heavy atom. The molecule has 1 N–H and O–H groups in total. The van der Waals surface area contributed by atoms with Gasteiger partial charge in [-0.1, -0.05) is 30.3 Å². The van der Waals surface area contributed by atoms with Crippen molar-refractivity contribution in [2.24, 2.45) is 0 Å². The van der Waals surface area contributed by atoms with Crippen molar-refractivity contribution in [1.82, 2.24) is 9.80 Å². The van der Waals surface area contributed by atoms with Gasteiger partial charge in [0.2, 0.25) is 0 Å². The molecule has 0 amide bonds. The van der Waals surface area contributed by atoms with Crippen LogP contribution in [0.2, 0.25) is 0 Å². The van der Waals surface area contributed by atoms with Crippen molar-refractivity contribution in [3.05, 3.63) is 35.9 Å². The molecule has 5 heteroatoms. The van der Waals surface area contributed by atoms with E-state index in [9.17, 15) is 9.90 Å². The van der Waals surface area contributed by atoms with Crippen molar-refractivity contribution >= 4 is 5.97 Å². The molecule has 1 aromatic carbocycles. The zero-order valence-electron chi connectivity index (χ0n) is 14.3. The minimum Gasteiger partial charge on any atom is -0.460 e. The van der Waals surface area contributed by atoms with Crippen molar-refractivity contribution < 1.29 is 14.6 Å². The molecule has 2 aliphatic rings. The van der Waals surface area contributed by atoms with Gasteiger partial charge in [-0.3, -0.25) is 14.6 Å². The van der Waals surface area contributed by atoms with Crippen LogP contribution >= 0.6 is 0 Å². The second kappa shape index (κ2) is 8.60. The number of carbonyl (C=O) groups excluding carboxylic acids is 1. The van der Waals surface area contributed by atoms with Gasteiger partial charge in [-0.2, -0.15) is 0 Å². The summed E-state index contributed by atoms with van der Waals surface area (Å²) in [4.78, 5) is 16.8. The average Bonchev–Trinajstić information content (AvgIpc) is 3.24. The first-order valence-corrected chi connectivity index (χ1v) is 9.05. The molecular weight excluding hydrogens is 304 g/mol. The van der Waals surface area contributed by atoms with Crippen LogP contribution in [-0.2, 0) is 16.1 Å². The zero-order valence-corrected chi connectivity index (χ0v) is 14.3. The van der Waals surface area contributed by atoms with Crippen LogP contribution in [0.3, 0.4) is 0 Å². The maximum absolute atomic E-state index is 12.2. The largest absolute Gasteiger partial charge is 0.460 e. The minimum absolute atomic E-state index is 0.147. The second-order valence-corrected chi connectivity index (χ2v) is 6.89. The third kappa shape index (κ3) is 4.56. The van der Waals surface area contributed by atoms with Crippen LogP contribution < -0.4 is 0 Å². The Morgan fingerprint density at radius 2 is 1.79 bits per heavy atom. The number of ether oxygens (including phenoxy) is 1. The molecule has 2 unspecified atom stereocenters. The summed E-state index contributed by atoms with van der Waals surface area (Å²) < 4.78 is 5.42. The Labute approximate surface area is 144 Å². The average molecular weight is 332 g/mol. The molecule has 1 aromatic rings. The molecule has 2 atom stereocenters. The van der Waals surface area contributed by atoms with Crippen molar-refractivity contribution in [2.75, 3.05) is 32.8 Å². The lowest BCUT2D eigenvalue weighted by atomic mass is 10.2. The SMILES string of the molecule is O=C(CN1CCCC1CN1CCCC1CO)OCc1ccccc1. The van der Waals surface area contributed by atoms with Gasteiger partial charge in [0.25, 0.3) is 0 Å². The maximum atomic E-state index is 12.2. The normalized spacial score (nSPS) is 25.2. The van der Waals surface area contributed by atoms with Crippen LogP contribution in [0.5, 0.6) is 0 Å². The van der Waals surface area contributed by atoms with E-state index >= 15 is 0 Å². The summed E-state index contributed by atoms with van der Waals surface area (Å²) in [6.07, 6.45) is 4.51. The van der Waals surface area contributed by atoms with Crippen LogP contribution in [0, 0.1) is 0 Å². The molecule has 0 bridgehead atoms. The van der Waals surface area contributed by atoms with Gasteiger partial charge in [-0.05, 0) is 44.3 Å². The van der Waals surface area contributed by atoms with E-state index < -0.39 is 0 Å². The van der Waals surface area contributed by atoms with Gasteiger partial charge in [0, 0.05) is 18.6 Å². The Bertz CT molecular complexity index is 523. The van der Waals surface area contributed by atoms with Gasteiger partial charge < -0.3 is 9.84 Å². The van der Waals surface area contributed by atoms with Crippen molar-refractivity contribution in [2.45, 2.75) is 44.4 Å². The van der Waals surface area contributed by atoms with E-state index in [2.05, 4.69) is 9.80 Å². The zero-order chi connectivity index (χ0) is 16.8. The van der Waals surface area contributed by atoms with Crippen LogP contribution in [0.25, 0.3) is 0 Å². The van der Waals surface area contributed by atoms with Gasteiger partial charge in [0.05, 0.1) is 13.2 Å². The van der Waals surface area contributed by atoms with Crippen LogP contribution in [-0.4, -0.2) is 65.7 Å². The first-order chi connectivity index (χ1) is 11.8. The van der Waals surface area contributed by atoms with E-state index in [-0.39, 0.29) is 12.6 Å². The molecule has 0 aromatic heterocycles. The molecule has 0 spiro atoms. The molecule has 2 fully saturated rings. The van der Waals surface area contributed by atoms with E-state index in [1.54, 1.807) is 0 Å². The fourth-order valence-corrected chi connectivity index (χ4v) is 3.87. The molecule has 24 heavy (non-hydrogen) atoms. The fraction of sp³-hybridized carbons (Fsp3) is 0.632. The number of hydrogen-bond acceptors (Lipinski definition) is 5. The molecule has 5 nitrogen and oxygen atoms in total. The van der Waals surface area contributed by atoms with Gasteiger partial charge >= 0.3 is 5.97 Å². The first kappa shape index (κ1) is 17.4. The van der Waals surface area contributed by atoms with E-state index in [0.717, 1.165) is 50.9 Å². The molecule has 2 aliphatic heterocycles. The molecule has 0 aliphatic carbocycles. The molecular formula is C19H28N2O3. The van der Waals surface area contributed by atoms with Crippen LogP contribution in [0.4, 0.5) is 0 Å². The van der Waals surface area contributed by atoms with Gasteiger partial charge in [-0.15, -0.1) is 0 Å². The first-order valence-electron chi connectivity index (χ1n) is 9.05. The highest BCUT2D eigenvalue weighted by atomic mass is 16.5. The summed E-state index contributed by atoms with van der Waals surface area (Å²) in [7, 11) is 0. The summed E-state index contributed by atoms with van der Waals surface area (Å²) >= 11 is 0. The number of aliphatic hydroxyl groups excluding tert-OH is 1. The van der Waals surface area contributed by atoms with Gasteiger partial charge in [0.1, 0.15) is 6.61 Å². The Kier molecular flexibility index (Phi) is 6.24. The predicted molar refractivity (Wildman–Crippen MR) is 92.5 cm³/mol. The van der Waals surface area contributed by atoms with Crippen LogP contribution in [0.1, 0.15) is 31.2 Å². The standard InChI is InChI=1S/C19H28N2O3/c22-14-18-9-5-10-20(18)12-17-8-4-11-21(17)13-19(23)24-15-16-6-2-1-3-7-16/h1-3,6-7,17-18,22H,4-5,8-15H2. The lowest BCUT2D eigenvalue weighted by Crippen LogP contribution is -2.45. The summed E-state index contributed by atoms with van der Waals surface area (Å²) in [5.74, 6) is -0.147. The highest BCUT2D eigenvalue weighted by Crippen LogP contribution is 2.23. The summed E-state index contributed by atoms with van der Waals surface area (Å²) in [5.41, 5.74) is 1.02. The van der Waals surface area contributed by atoms with Gasteiger partial charge in [0.15, 0.2) is 0 Å². The Morgan fingerprint density at radius 1 is 1.08 bits per heavy atom. The summed E-state index contributed by atoms with van der Waals surface area (Å²) in [6.45, 7) is 3.94.